The Morgan fingerprint density at radius 2 is 1.84 bits per heavy atom. The molecule has 1 atom stereocenters. The number of ether oxygens (including phenoxy) is 1. The van der Waals surface area contributed by atoms with Crippen LogP contribution in [-0.2, 0) is 0 Å². The predicted octanol–water partition coefficient (Wildman–Crippen LogP) is 3.69. The molecular weight excluding hydrogens is 360 g/mol. The van der Waals surface area contributed by atoms with Crippen LogP contribution in [0.4, 0.5) is 0 Å². The summed E-state index contributed by atoms with van der Waals surface area (Å²) in [7, 11) is 1.61. The molecule has 0 aliphatic carbocycles. The molecule has 128 valence electrons. The third-order valence-corrected chi connectivity index (χ3v) is 4.82. The Hall–Kier alpha value is -2.38. The molecule has 3 rings (SSSR count). The van der Waals surface area contributed by atoms with Crippen molar-refractivity contribution < 1.29 is 9.53 Å². The summed E-state index contributed by atoms with van der Waals surface area (Å²) in [5, 5.41) is 12.5. The minimum absolute atomic E-state index is 0.00838. The lowest BCUT2D eigenvalue weighted by atomic mass is 10.1. The van der Waals surface area contributed by atoms with E-state index in [9.17, 15) is 4.79 Å². The van der Waals surface area contributed by atoms with E-state index in [1.54, 1.807) is 36.1 Å². The number of nitrogens with zero attached hydrogens (tertiary/aromatic N) is 4. The van der Waals surface area contributed by atoms with Gasteiger partial charge in [-0.25, -0.2) is 0 Å². The van der Waals surface area contributed by atoms with Gasteiger partial charge in [-0.3, -0.25) is 4.79 Å². The highest BCUT2D eigenvalue weighted by Gasteiger charge is 2.20. The molecule has 0 aliphatic rings. The number of hydrogen-bond acceptors (Lipinski definition) is 6. The second-order valence-electron chi connectivity index (χ2n) is 5.20. The molecule has 0 bridgehead atoms. The number of ketones is 1. The van der Waals surface area contributed by atoms with Gasteiger partial charge in [-0.2, -0.15) is 4.68 Å². The molecule has 0 fully saturated rings. The van der Waals surface area contributed by atoms with Crippen LogP contribution in [0, 0.1) is 0 Å². The van der Waals surface area contributed by atoms with E-state index in [4.69, 9.17) is 16.3 Å². The summed E-state index contributed by atoms with van der Waals surface area (Å²) in [5.41, 5.74) is 1.40. The predicted molar refractivity (Wildman–Crippen MR) is 96.8 cm³/mol. The topological polar surface area (TPSA) is 69.9 Å². The van der Waals surface area contributed by atoms with Crippen molar-refractivity contribution in [3.63, 3.8) is 0 Å². The number of aromatic nitrogens is 4. The van der Waals surface area contributed by atoms with Crippen LogP contribution in [0.2, 0.25) is 5.02 Å². The highest BCUT2D eigenvalue weighted by molar-refractivity contribution is 8.00. The molecule has 0 spiro atoms. The third kappa shape index (κ3) is 4.00. The second-order valence-corrected chi connectivity index (χ2v) is 6.95. The van der Waals surface area contributed by atoms with Gasteiger partial charge >= 0.3 is 0 Å². The van der Waals surface area contributed by atoms with Crippen molar-refractivity contribution in [1.29, 1.82) is 0 Å². The van der Waals surface area contributed by atoms with Gasteiger partial charge in [0.2, 0.25) is 5.16 Å². The number of benzene rings is 2. The van der Waals surface area contributed by atoms with Gasteiger partial charge in [0.1, 0.15) is 5.75 Å². The molecule has 0 saturated heterocycles. The van der Waals surface area contributed by atoms with Crippen LogP contribution in [0.15, 0.2) is 53.7 Å². The fourth-order valence-electron chi connectivity index (χ4n) is 2.20. The fourth-order valence-corrected chi connectivity index (χ4v) is 3.21. The van der Waals surface area contributed by atoms with Gasteiger partial charge in [0, 0.05) is 10.6 Å². The summed E-state index contributed by atoms with van der Waals surface area (Å²) in [6, 6.07) is 14.2. The molecule has 0 aliphatic heterocycles. The van der Waals surface area contributed by atoms with Crippen LogP contribution >= 0.6 is 23.4 Å². The van der Waals surface area contributed by atoms with E-state index in [1.807, 2.05) is 31.2 Å². The minimum Gasteiger partial charge on any atom is -0.497 e. The third-order valence-electron chi connectivity index (χ3n) is 3.54. The first-order valence-electron chi connectivity index (χ1n) is 7.47. The van der Waals surface area contributed by atoms with E-state index in [-0.39, 0.29) is 11.0 Å². The Bertz CT molecular complexity index is 865. The van der Waals surface area contributed by atoms with Crippen LogP contribution in [0.3, 0.4) is 0 Å². The van der Waals surface area contributed by atoms with Gasteiger partial charge in [0.15, 0.2) is 5.78 Å². The first-order chi connectivity index (χ1) is 12.1. The van der Waals surface area contributed by atoms with E-state index in [0.29, 0.717) is 15.7 Å². The maximum Gasteiger partial charge on any atom is 0.214 e. The van der Waals surface area contributed by atoms with Crippen molar-refractivity contribution in [2.24, 2.45) is 0 Å². The molecular formula is C17H15ClN4O2S. The molecule has 1 heterocycles. The van der Waals surface area contributed by atoms with Crippen molar-refractivity contribution >= 4 is 29.1 Å². The lowest BCUT2D eigenvalue weighted by molar-refractivity contribution is 0.0994. The van der Waals surface area contributed by atoms with Crippen molar-refractivity contribution in [2.75, 3.05) is 7.11 Å². The average Bonchev–Trinajstić information content (AvgIpc) is 3.10. The molecule has 0 radical (unpaired) electrons. The van der Waals surface area contributed by atoms with E-state index in [1.165, 1.54) is 11.8 Å². The molecule has 3 aromatic rings. The smallest absolute Gasteiger partial charge is 0.214 e. The average molecular weight is 375 g/mol. The molecule has 0 amide bonds. The molecule has 6 nitrogen and oxygen atoms in total. The van der Waals surface area contributed by atoms with E-state index in [0.717, 1.165) is 11.4 Å². The summed E-state index contributed by atoms with van der Waals surface area (Å²) in [4.78, 5) is 12.6. The zero-order valence-corrected chi connectivity index (χ0v) is 15.2. The normalized spacial score (nSPS) is 12.0. The van der Waals surface area contributed by atoms with E-state index < -0.39 is 0 Å². The number of thioether (sulfide) groups is 1. The number of methoxy groups -OCH3 is 1. The van der Waals surface area contributed by atoms with Crippen LogP contribution < -0.4 is 4.74 Å². The van der Waals surface area contributed by atoms with Gasteiger partial charge in [0.25, 0.3) is 0 Å². The highest BCUT2D eigenvalue weighted by atomic mass is 35.5. The van der Waals surface area contributed by atoms with Gasteiger partial charge in [-0.05, 0) is 65.9 Å². The first kappa shape index (κ1) is 17.4. The standard InChI is InChI=1S/C17H15ClN4O2S/c1-11(16(23)12-3-5-13(18)6-4-12)25-17-19-20-21-22(17)14-7-9-15(24-2)10-8-14/h3-11H,1-2H3/t11-/m1/s1. The van der Waals surface area contributed by atoms with Gasteiger partial charge in [-0.15, -0.1) is 5.10 Å². The molecule has 0 saturated carbocycles. The van der Waals surface area contributed by atoms with Crippen LogP contribution in [-0.4, -0.2) is 38.4 Å². The lowest BCUT2D eigenvalue weighted by Gasteiger charge is -2.10. The maximum atomic E-state index is 12.6. The molecule has 0 unspecified atom stereocenters. The Kier molecular flexibility index (Phi) is 5.35. The first-order valence-corrected chi connectivity index (χ1v) is 8.73. The number of halogens is 1. The molecule has 8 heteroatoms. The van der Waals surface area contributed by atoms with Crippen LogP contribution in [0.5, 0.6) is 5.75 Å². The van der Waals surface area contributed by atoms with Crippen molar-refractivity contribution in [1.82, 2.24) is 20.2 Å². The second kappa shape index (κ2) is 7.67. The van der Waals surface area contributed by atoms with E-state index >= 15 is 0 Å². The molecule has 2 aromatic carbocycles. The lowest BCUT2D eigenvalue weighted by Crippen LogP contribution is -2.14. The Morgan fingerprint density at radius 3 is 2.48 bits per heavy atom. The zero-order chi connectivity index (χ0) is 17.8. The fraction of sp³-hybridized carbons (Fsp3) is 0.176. The SMILES string of the molecule is COc1ccc(-n2nnnc2S[C@H](C)C(=O)c2ccc(Cl)cc2)cc1. The Balaban J connectivity index is 1.78. The Morgan fingerprint density at radius 1 is 1.16 bits per heavy atom. The number of tetrazole rings is 1. The summed E-state index contributed by atoms with van der Waals surface area (Å²) >= 11 is 7.17. The molecule has 1 aromatic heterocycles. The van der Waals surface area contributed by atoms with Gasteiger partial charge in [-0.1, -0.05) is 23.4 Å². The van der Waals surface area contributed by atoms with Crippen molar-refractivity contribution in [3.05, 3.63) is 59.1 Å². The molecule has 0 N–H and O–H groups in total. The number of carbonyl (C=O) groups is 1. The largest absolute Gasteiger partial charge is 0.497 e. The summed E-state index contributed by atoms with van der Waals surface area (Å²) in [6.07, 6.45) is 0. The summed E-state index contributed by atoms with van der Waals surface area (Å²) < 4.78 is 6.74. The summed E-state index contributed by atoms with van der Waals surface area (Å²) in [5.74, 6) is 0.739. The van der Waals surface area contributed by atoms with E-state index in [2.05, 4.69) is 15.5 Å². The van der Waals surface area contributed by atoms with Gasteiger partial charge < -0.3 is 4.74 Å². The zero-order valence-electron chi connectivity index (χ0n) is 13.6. The molecule has 25 heavy (non-hydrogen) atoms. The monoisotopic (exact) mass is 374 g/mol. The Labute approximate surface area is 154 Å². The minimum atomic E-state index is -0.343. The van der Waals surface area contributed by atoms with Gasteiger partial charge in [0.05, 0.1) is 18.0 Å². The van der Waals surface area contributed by atoms with Crippen LogP contribution in [0.25, 0.3) is 5.69 Å². The number of Topliss-reactive ketones (excluding diaryl/α,β-unsaturated/α-hetero) is 1. The quantitative estimate of drug-likeness (QED) is 0.484. The number of carbonyl (C=O) groups excluding carboxylic acids is 1. The number of rotatable bonds is 6. The number of hydrogen-bond donors (Lipinski definition) is 0. The maximum absolute atomic E-state index is 12.6. The highest BCUT2D eigenvalue weighted by Crippen LogP contribution is 2.26. The van der Waals surface area contributed by atoms with Crippen molar-refractivity contribution in [2.45, 2.75) is 17.3 Å². The van der Waals surface area contributed by atoms with Crippen molar-refractivity contribution in [3.8, 4) is 11.4 Å². The summed E-state index contributed by atoms with van der Waals surface area (Å²) in [6.45, 7) is 1.83. The van der Waals surface area contributed by atoms with Crippen LogP contribution in [0.1, 0.15) is 17.3 Å².